The number of carbonyl (C=O) groups excluding carboxylic acids is 1. The molecule has 0 bridgehead atoms. The first-order valence-electron chi connectivity index (χ1n) is 5.92. The standard InChI is InChI=1S/C14H15FO3/c1-17-14(16)18-13-9-5-3-7-11(13)10-6-2-4-8-12(10)15/h2,4,6-8,13H,3,5,9H2,1H3. The normalized spacial score (nSPS) is 19.0. The van der Waals surface area contributed by atoms with E-state index in [1.165, 1.54) is 13.2 Å². The molecule has 4 heteroatoms. The fraction of sp³-hybridized carbons (Fsp3) is 0.357. The van der Waals surface area contributed by atoms with Gasteiger partial charge in [-0.2, -0.15) is 0 Å². The Bertz CT molecular complexity index is 468. The smallest absolute Gasteiger partial charge is 0.438 e. The summed E-state index contributed by atoms with van der Waals surface area (Å²) < 4.78 is 23.4. The van der Waals surface area contributed by atoms with E-state index in [4.69, 9.17) is 4.74 Å². The summed E-state index contributed by atoms with van der Waals surface area (Å²) in [5, 5.41) is 0. The molecule has 0 aliphatic heterocycles. The number of benzene rings is 1. The van der Waals surface area contributed by atoms with E-state index in [1.807, 2.05) is 6.08 Å². The van der Waals surface area contributed by atoms with Crippen molar-refractivity contribution in [3.8, 4) is 0 Å². The van der Waals surface area contributed by atoms with Crippen LogP contribution in [0.25, 0.3) is 5.57 Å². The number of hydrogen-bond acceptors (Lipinski definition) is 3. The van der Waals surface area contributed by atoms with Gasteiger partial charge in [-0.3, -0.25) is 0 Å². The molecule has 0 radical (unpaired) electrons. The molecule has 0 amide bonds. The molecule has 0 N–H and O–H groups in total. The first-order chi connectivity index (χ1) is 8.72. The maximum atomic E-state index is 13.8. The van der Waals surface area contributed by atoms with Crippen LogP contribution < -0.4 is 0 Å². The molecule has 0 aromatic heterocycles. The zero-order valence-corrected chi connectivity index (χ0v) is 10.2. The molecule has 1 aliphatic rings. The monoisotopic (exact) mass is 250 g/mol. The second-order valence-electron chi connectivity index (χ2n) is 4.13. The van der Waals surface area contributed by atoms with E-state index < -0.39 is 12.3 Å². The third kappa shape index (κ3) is 2.70. The van der Waals surface area contributed by atoms with E-state index in [1.54, 1.807) is 18.2 Å². The van der Waals surface area contributed by atoms with Gasteiger partial charge < -0.3 is 9.47 Å². The van der Waals surface area contributed by atoms with Gasteiger partial charge >= 0.3 is 6.16 Å². The molecule has 18 heavy (non-hydrogen) atoms. The molecule has 1 unspecified atom stereocenters. The highest BCUT2D eigenvalue weighted by atomic mass is 19.1. The zero-order chi connectivity index (χ0) is 13.0. The first kappa shape index (κ1) is 12.6. The third-order valence-corrected chi connectivity index (χ3v) is 2.97. The van der Waals surface area contributed by atoms with Crippen LogP contribution in [0, 0.1) is 5.82 Å². The molecule has 96 valence electrons. The Labute approximate surface area is 105 Å². The molecule has 2 rings (SSSR count). The molecule has 0 saturated heterocycles. The van der Waals surface area contributed by atoms with Gasteiger partial charge in [0.1, 0.15) is 11.9 Å². The van der Waals surface area contributed by atoms with Crippen molar-refractivity contribution in [2.45, 2.75) is 25.4 Å². The Hall–Kier alpha value is -1.84. The van der Waals surface area contributed by atoms with Gasteiger partial charge in [0.15, 0.2) is 0 Å². The summed E-state index contributed by atoms with van der Waals surface area (Å²) in [6.07, 6.45) is 3.24. The largest absolute Gasteiger partial charge is 0.508 e. The Morgan fingerprint density at radius 2 is 2.17 bits per heavy atom. The molecule has 1 aromatic carbocycles. The maximum Gasteiger partial charge on any atom is 0.508 e. The summed E-state index contributed by atoms with van der Waals surface area (Å²) >= 11 is 0. The summed E-state index contributed by atoms with van der Waals surface area (Å²) in [4.78, 5) is 11.2. The number of hydrogen-bond donors (Lipinski definition) is 0. The van der Waals surface area contributed by atoms with Crippen LogP contribution in [0.2, 0.25) is 0 Å². The number of methoxy groups -OCH3 is 1. The number of carbonyl (C=O) groups is 1. The van der Waals surface area contributed by atoms with Crippen molar-refractivity contribution in [2.24, 2.45) is 0 Å². The predicted molar refractivity (Wildman–Crippen MR) is 65.5 cm³/mol. The highest BCUT2D eigenvalue weighted by Gasteiger charge is 2.24. The quantitative estimate of drug-likeness (QED) is 0.753. The van der Waals surface area contributed by atoms with Gasteiger partial charge in [-0.25, -0.2) is 9.18 Å². The SMILES string of the molecule is COC(=O)OC1CCCC=C1c1ccccc1F. The molecular weight excluding hydrogens is 235 g/mol. The summed E-state index contributed by atoms with van der Waals surface area (Å²) in [5.41, 5.74) is 1.22. The zero-order valence-electron chi connectivity index (χ0n) is 10.2. The second-order valence-corrected chi connectivity index (χ2v) is 4.13. The van der Waals surface area contributed by atoms with Crippen molar-refractivity contribution in [2.75, 3.05) is 7.11 Å². The summed E-state index contributed by atoms with van der Waals surface area (Å²) in [6, 6.07) is 6.50. The second kappa shape index (κ2) is 5.67. The lowest BCUT2D eigenvalue weighted by molar-refractivity contribution is 0.0513. The van der Waals surface area contributed by atoms with Gasteiger partial charge in [-0.1, -0.05) is 24.3 Å². The molecule has 1 atom stereocenters. The van der Waals surface area contributed by atoms with Crippen molar-refractivity contribution in [3.05, 3.63) is 41.7 Å². The van der Waals surface area contributed by atoms with Crippen LogP contribution in [0.15, 0.2) is 30.3 Å². The Morgan fingerprint density at radius 1 is 1.39 bits per heavy atom. The van der Waals surface area contributed by atoms with Crippen molar-refractivity contribution in [3.63, 3.8) is 0 Å². The lowest BCUT2D eigenvalue weighted by atomic mass is 9.90. The lowest BCUT2D eigenvalue weighted by Gasteiger charge is -2.24. The van der Waals surface area contributed by atoms with Crippen LogP contribution in [0.5, 0.6) is 0 Å². The maximum absolute atomic E-state index is 13.8. The third-order valence-electron chi connectivity index (χ3n) is 2.97. The molecule has 3 nitrogen and oxygen atoms in total. The Balaban J connectivity index is 2.26. The van der Waals surface area contributed by atoms with Gasteiger partial charge in [0.25, 0.3) is 0 Å². The van der Waals surface area contributed by atoms with Crippen LogP contribution in [-0.4, -0.2) is 19.4 Å². The van der Waals surface area contributed by atoms with Crippen molar-refractivity contribution in [1.29, 1.82) is 0 Å². The molecular formula is C14H15FO3. The first-order valence-corrected chi connectivity index (χ1v) is 5.92. The topological polar surface area (TPSA) is 35.5 Å². The number of rotatable bonds is 2. The number of ether oxygens (including phenoxy) is 2. The van der Waals surface area contributed by atoms with Crippen LogP contribution >= 0.6 is 0 Å². The fourth-order valence-corrected chi connectivity index (χ4v) is 2.11. The summed E-state index contributed by atoms with van der Waals surface area (Å²) in [6.45, 7) is 0. The minimum Gasteiger partial charge on any atom is -0.438 e. The molecule has 0 fully saturated rings. The van der Waals surface area contributed by atoms with E-state index in [0.29, 0.717) is 12.0 Å². The Kier molecular flexibility index (Phi) is 3.97. The molecule has 1 aliphatic carbocycles. The van der Waals surface area contributed by atoms with Crippen LogP contribution in [0.3, 0.4) is 0 Å². The van der Waals surface area contributed by atoms with E-state index in [2.05, 4.69) is 4.74 Å². The minimum atomic E-state index is -0.732. The van der Waals surface area contributed by atoms with Crippen LogP contribution in [-0.2, 0) is 9.47 Å². The molecule has 0 saturated carbocycles. The average molecular weight is 250 g/mol. The van der Waals surface area contributed by atoms with Crippen LogP contribution in [0.1, 0.15) is 24.8 Å². The summed E-state index contributed by atoms with van der Waals surface area (Å²) in [7, 11) is 1.26. The van der Waals surface area contributed by atoms with Gasteiger partial charge in [0.05, 0.1) is 7.11 Å². The molecule has 1 aromatic rings. The van der Waals surface area contributed by atoms with Gasteiger partial charge in [-0.15, -0.1) is 0 Å². The van der Waals surface area contributed by atoms with E-state index in [0.717, 1.165) is 18.4 Å². The summed E-state index contributed by atoms with van der Waals surface area (Å²) in [5.74, 6) is -0.302. The predicted octanol–water partition coefficient (Wildman–Crippen LogP) is 3.54. The van der Waals surface area contributed by atoms with Crippen molar-refractivity contribution < 1.29 is 18.7 Å². The Morgan fingerprint density at radius 3 is 2.89 bits per heavy atom. The van der Waals surface area contributed by atoms with Crippen molar-refractivity contribution in [1.82, 2.24) is 0 Å². The van der Waals surface area contributed by atoms with E-state index >= 15 is 0 Å². The highest BCUT2D eigenvalue weighted by molar-refractivity contribution is 5.72. The van der Waals surface area contributed by atoms with Crippen LogP contribution in [0.4, 0.5) is 9.18 Å². The van der Waals surface area contributed by atoms with Gasteiger partial charge in [-0.05, 0) is 30.9 Å². The molecule has 0 heterocycles. The molecule has 0 spiro atoms. The number of halogens is 1. The van der Waals surface area contributed by atoms with E-state index in [9.17, 15) is 9.18 Å². The highest BCUT2D eigenvalue weighted by Crippen LogP contribution is 2.31. The lowest BCUT2D eigenvalue weighted by Crippen LogP contribution is -2.22. The van der Waals surface area contributed by atoms with Gasteiger partial charge in [0, 0.05) is 5.56 Å². The average Bonchev–Trinajstić information content (AvgIpc) is 2.40. The van der Waals surface area contributed by atoms with Gasteiger partial charge in [0.2, 0.25) is 0 Å². The van der Waals surface area contributed by atoms with E-state index in [-0.39, 0.29) is 5.82 Å². The fourth-order valence-electron chi connectivity index (χ4n) is 2.11. The van der Waals surface area contributed by atoms with Crippen molar-refractivity contribution >= 4 is 11.7 Å². The number of allylic oxidation sites excluding steroid dienone is 1. The minimum absolute atomic E-state index is 0.302.